The first-order valence-corrected chi connectivity index (χ1v) is 7.81. The molecule has 1 aromatic rings. The SMILES string of the molecule is COc1ccc(C)cc1NC(=O)[C@H](C)OC(=O)C[C@H]1C=CCC1. The Hall–Kier alpha value is -2.30. The number of ether oxygens (including phenoxy) is 2. The summed E-state index contributed by atoms with van der Waals surface area (Å²) in [6.45, 7) is 3.49. The first kappa shape index (κ1) is 17.1. The number of esters is 1. The van der Waals surface area contributed by atoms with Crippen LogP contribution in [-0.2, 0) is 14.3 Å². The molecule has 2 rings (SSSR count). The summed E-state index contributed by atoms with van der Waals surface area (Å²) in [6, 6.07) is 5.50. The average Bonchev–Trinajstić information content (AvgIpc) is 3.00. The molecule has 0 saturated carbocycles. The molecule has 1 aliphatic carbocycles. The summed E-state index contributed by atoms with van der Waals surface area (Å²) in [5, 5.41) is 2.75. The van der Waals surface area contributed by atoms with Crippen molar-refractivity contribution in [2.75, 3.05) is 12.4 Å². The quantitative estimate of drug-likeness (QED) is 0.646. The Bertz CT molecular complexity index is 609. The van der Waals surface area contributed by atoms with Gasteiger partial charge in [-0.25, -0.2) is 0 Å². The molecule has 0 saturated heterocycles. The van der Waals surface area contributed by atoms with Crippen molar-refractivity contribution in [1.82, 2.24) is 0 Å². The summed E-state index contributed by atoms with van der Waals surface area (Å²) in [7, 11) is 1.54. The number of carbonyl (C=O) groups is 2. The zero-order valence-electron chi connectivity index (χ0n) is 13.8. The molecule has 1 N–H and O–H groups in total. The van der Waals surface area contributed by atoms with Gasteiger partial charge in [0.2, 0.25) is 0 Å². The van der Waals surface area contributed by atoms with Gasteiger partial charge in [0.1, 0.15) is 5.75 Å². The first-order valence-electron chi connectivity index (χ1n) is 7.81. The minimum atomic E-state index is -0.849. The third-order valence-corrected chi connectivity index (χ3v) is 3.83. The number of nitrogens with one attached hydrogen (secondary N) is 1. The molecule has 0 aliphatic heterocycles. The minimum absolute atomic E-state index is 0.231. The highest BCUT2D eigenvalue weighted by atomic mass is 16.5. The molecule has 0 fully saturated rings. The molecule has 1 aliphatic rings. The molecule has 0 spiro atoms. The van der Waals surface area contributed by atoms with Crippen LogP contribution in [0.15, 0.2) is 30.4 Å². The van der Waals surface area contributed by atoms with Crippen molar-refractivity contribution in [1.29, 1.82) is 0 Å². The van der Waals surface area contributed by atoms with Gasteiger partial charge in [0.05, 0.1) is 19.2 Å². The van der Waals surface area contributed by atoms with E-state index in [-0.39, 0.29) is 17.8 Å². The van der Waals surface area contributed by atoms with Gasteiger partial charge in [-0.2, -0.15) is 0 Å². The molecule has 0 unspecified atom stereocenters. The van der Waals surface area contributed by atoms with Crippen LogP contribution in [0.4, 0.5) is 5.69 Å². The van der Waals surface area contributed by atoms with Crippen molar-refractivity contribution < 1.29 is 19.1 Å². The number of anilines is 1. The van der Waals surface area contributed by atoms with E-state index in [0.29, 0.717) is 17.9 Å². The van der Waals surface area contributed by atoms with E-state index in [1.807, 2.05) is 25.1 Å². The van der Waals surface area contributed by atoms with Crippen molar-refractivity contribution in [3.8, 4) is 5.75 Å². The molecule has 23 heavy (non-hydrogen) atoms. The summed E-state index contributed by atoms with van der Waals surface area (Å²) >= 11 is 0. The van der Waals surface area contributed by atoms with Crippen LogP contribution in [0.2, 0.25) is 0 Å². The summed E-state index contributed by atoms with van der Waals surface area (Å²) in [5.41, 5.74) is 1.57. The van der Waals surface area contributed by atoms with Gasteiger partial charge in [-0.3, -0.25) is 9.59 Å². The van der Waals surface area contributed by atoms with Crippen LogP contribution < -0.4 is 10.1 Å². The predicted octanol–water partition coefficient (Wildman–Crippen LogP) is 3.23. The Kier molecular flexibility index (Phi) is 5.79. The second-order valence-corrected chi connectivity index (χ2v) is 5.79. The maximum absolute atomic E-state index is 12.2. The predicted molar refractivity (Wildman–Crippen MR) is 88.4 cm³/mol. The van der Waals surface area contributed by atoms with Gasteiger partial charge in [-0.15, -0.1) is 0 Å². The van der Waals surface area contributed by atoms with Gasteiger partial charge in [-0.1, -0.05) is 18.2 Å². The number of amides is 1. The van der Waals surface area contributed by atoms with Gasteiger partial charge in [0, 0.05) is 0 Å². The second kappa shape index (κ2) is 7.81. The van der Waals surface area contributed by atoms with E-state index >= 15 is 0 Å². The standard InChI is InChI=1S/C18H23NO4/c1-12-8-9-16(22-3)15(10-12)19-18(21)13(2)23-17(20)11-14-6-4-5-7-14/h4,6,8-10,13-14H,5,7,11H2,1-3H3,(H,19,21)/t13-,14-/m0/s1. The van der Waals surface area contributed by atoms with E-state index in [0.717, 1.165) is 18.4 Å². The fraction of sp³-hybridized carbons (Fsp3) is 0.444. The zero-order valence-corrected chi connectivity index (χ0v) is 13.8. The number of hydrogen-bond donors (Lipinski definition) is 1. The van der Waals surface area contributed by atoms with Crippen LogP contribution >= 0.6 is 0 Å². The Morgan fingerprint density at radius 3 is 2.83 bits per heavy atom. The molecule has 0 aromatic heterocycles. The van der Waals surface area contributed by atoms with Crippen molar-refractivity contribution in [3.63, 3.8) is 0 Å². The Morgan fingerprint density at radius 2 is 2.17 bits per heavy atom. The molecule has 0 radical (unpaired) electrons. The van der Waals surface area contributed by atoms with Crippen molar-refractivity contribution in [3.05, 3.63) is 35.9 Å². The lowest BCUT2D eigenvalue weighted by atomic mass is 10.1. The molecule has 0 bridgehead atoms. The van der Waals surface area contributed by atoms with Crippen molar-refractivity contribution >= 4 is 17.6 Å². The molecular weight excluding hydrogens is 294 g/mol. The lowest BCUT2D eigenvalue weighted by Crippen LogP contribution is -2.30. The molecular formula is C18H23NO4. The van der Waals surface area contributed by atoms with Crippen molar-refractivity contribution in [2.45, 2.75) is 39.2 Å². The van der Waals surface area contributed by atoms with E-state index in [2.05, 4.69) is 11.4 Å². The summed E-state index contributed by atoms with van der Waals surface area (Å²) in [5.74, 6) is 0.0813. The van der Waals surface area contributed by atoms with Gasteiger partial charge >= 0.3 is 5.97 Å². The Balaban J connectivity index is 1.90. The molecule has 1 amide bonds. The number of allylic oxidation sites excluding steroid dienone is 2. The molecule has 5 nitrogen and oxygen atoms in total. The zero-order chi connectivity index (χ0) is 16.8. The summed E-state index contributed by atoms with van der Waals surface area (Å²) in [6.07, 6.45) is 5.54. The number of hydrogen-bond acceptors (Lipinski definition) is 4. The van der Waals surface area contributed by atoms with Gasteiger partial charge in [0.25, 0.3) is 5.91 Å². The fourth-order valence-electron chi connectivity index (χ4n) is 2.53. The van der Waals surface area contributed by atoms with E-state index in [1.165, 1.54) is 0 Å². The van der Waals surface area contributed by atoms with E-state index in [4.69, 9.17) is 9.47 Å². The van der Waals surface area contributed by atoms with Crippen LogP contribution in [0.1, 0.15) is 31.7 Å². The van der Waals surface area contributed by atoms with Crippen LogP contribution in [0.5, 0.6) is 5.75 Å². The van der Waals surface area contributed by atoms with Crippen LogP contribution in [0.25, 0.3) is 0 Å². The van der Waals surface area contributed by atoms with E-state index in [1.54, 1.807) is 20.1 Å². The Labute approximate surface area is 136 Å². The lowest BCUT2D eigenvalue weighted by molar-refractivity contribution is -0.153. The van der Waals surface area contributed by atoms with E-state index < -0.39 is 6.10 Å². The number of carbonyl (C=O) groups excluding carboxylic acids is 2. The molecule has 124 valence electrons. The fourth-order valence-corrected chi connectivity index (χ4v) is 2.53. The number of rotatable bonds is 6. The highest BCUT2D eigenvalue weighted by Crippen LogP contribution is 2.25. The van der Waals surface area contributed by atoms with Crippen molar-refractivity contribution in [2.24, 2.45) is 5.92 Å². The monoisotopic (exact) mass is 317 g/mol. The summed E-state index contributed by atoms with van der Waals surface area (Å²) in [4.78, 5) is 24.1. The maximum Gasteiger partial charge on any atom is 0.307 e. The normalized spacial score (nSPS) is 17.6. The minimum Gasteiger partial charge on any atom is -0.495 e. The topological polar surface area (TPSA) is 64.6 Å². The maximum atomic E-state index is 12.2. The molecule has 5 heteroatoms. The van der Waals surface area contributed by atoms with Gasteiger partial charge < -0.3 is 14.8 Å². The third kappa shape index (κ3) is 4.84. The lowest BCUT2D eigenvalue weighted by Gasteiger charge is -2.16. The second-order valence-electron chi connectivity index (χ2n) is 5.79. The van der Waals surface area contributed by atoms with Gasteiger partial charge in [-0.05, 0) is 50.3 Å². The third-order valence-electron chi connectivity index (χ3n) is 3.83. The first-order chi connectivity index (χ1) is 11.0. The summed E-state index contributed by atoms with van der Waals surface area (Å²) < 4.78 is 10.4. The van der Waals surface area contributed by atoms with Crippen LogP contribution in [-0.4, -0.2) is 25.1 Å². The average molecular weight is 317 g/mol. The number of benzene rings is 1. The smallest absolute Gasteiger partial charge is 0.307 e. The molecule has 0 heterocycles. The largest absolute Gasteiger partial charge is 0.495 e. The van der Waals surface area contributed by atoms with Crippen LogP contribution in [0, 0.1) is 12.8 Å². The van der Waals surface area contributed by atoms with Gasteiger partial charge in [0.15, 0.2) is 6.10 Å². The van der Waals surface area contributed by atoms with E-state index in [9.17, 15) is 9.59 Å². The number of methoxy groups -OCH3 is 1. The highest BCUT2D eigenvalue weighted by molar-refractivity contribution is 5.96. The molecule has 2 atom stereocenters. The number of aryl methyl sites for hydroxylation is 1. The van der Waals surface area contributed by atoms with Crippen LogP contribution in [0.3, 0.4) is 0 Å². The molecule has 1 aromatic carbocycles. The highest BCUT2D eigenvalue weighted by Gasteiger charge is 2.21. The Morgan fingerprint density at radius 1 is 1.39 bits per heavy atom.